The fraction of sp³-hybridized carbons (Fsp3) is 0.250. The average Bonchev–Trinajstić information content (AvgIpc) is 2.67. The van der Waals surface area contributed by atoms with Crippen molar-refractivity contribution in [3.8, 4) is 11.5 Å². The summed E-state index contributed by atoms with van der Waals surface area (Å²) in [6.45, 7) is 0.587. The predicted molar refractivity (Wildman–Crippen MR) is 103 cm³/mol. The second kappa shape index (κ2) is 10.5. The standard InChI is InChI=1S/C20H22FNO3S/c1-24-18-10-4-15(14-19(18)25-2)5-11-20(23)22-12-3-13-26-17-8-6-16(21)7-9-17/h4-11,14H,3,12-13H2,1-2H3,(H,22,23). The summed E-state index contributed by atoms with van der Waals surface area (Å²) >= 11 is 1.64. The quantitative estimate of drug-likeness (QED) is 0.406. The smallest absolute Gasteiger partial charge is 0.243 e. The van der Waals surface area contributed by atoms with Gasteiger partial charge in [0, 0.05) is 17.5 Å². The van der Waals surface area contributed by atoms with Gasteiger partial charge in [-0.1, -0.05) is 6.07 Å². The molecule has 0 saturated heterocycles. The van der Waals surface area contributed by atoms with Gasteiger partial charge >= 0.3 is 0 Å². The molecule has 0 atom stereocenters. The van der Waals surface area contributed by atoms with Crippen LogP contribution >= 0.6 is 11.8 Å². The van der Waals surface area contributed by atoms with Crippen LogP contribution in [0.1, 0.15) is 12.0 Å². The highest BCUT2D eigenvalue weighted by atomic mass is 32.2. The molecule has 0 fully saturated rings. The molecule has 2 rings (SSSR count). The monoisotopic (exact) mass is 375 g/mol. The van der Waals surface area contributed by atoms with Gasteiger partial charge in [-0.15, -0.1) is 11.8 Å². The number of carbonyl (C=O) groups excluding carboxylic acids is 1. The Labute approximate surface area is 157 Å². The molecule has 1 amide bonds. The van der Waals surface area contributed by atoms with E-state index in [1.807, 2.05) is 12.1 Å². The van der Waals surface area contributed by atoms with Gasteiger partial charge in [-0.2, -0.15) is 0 Å². The zero-order chi connectivity index (χ0) is 18.8. The molecule has 0 saturated carbocycles. The van der Waals surface area contributed by atoms with Crippen molar-refractivity contribution in [2.45, 2.75) is 11.3 Å². The maximum absolute atomic E-state index is 12.8. The van der Waals surface area contributed by atoms with Crippen LogP contribution in [0, 0.1) is 5.82 Å². The second-order valence-electron chi connectivity index (χ2n) is 5.39. The van der Waals surface area contributed by atoms with Crippen molar-refractivity contribution in [2.75, 3.05) is 26.5 Å². The van der Waals surface area contributed by atoms with Gasteiger partial charge in [-0.3, -0.25) is 4.79 Å². The zero-order valence-corrected chi connectivity index (χ0v) is 15.6. The van der Waals surface area contributed by atoms with Gasteiger partial charge in [0.05, 0.1) is 14.2 Å². The molecular weight excluding hydrogens is 353 g/mol. The molecule has 4 nitrogen and oxygen atoms in total. The number of benzene rings is 2. The van der Waals surface area contributed by atoms with Crippen molar-refractivity contribution in [1.82, 2.24) is 5.32 Å². The number of amides is 1. The molecule has 0 aliphatic heterocycles. The highest BCUT2D eigenvalue weighted by molar-refractivity contribution is 7.99. The minimum Gasteiger partial charge on any atom is -0.493 e. The minimum atomic E-state index is -0.233. The van der Waals surface area contributed by atoms with Crippen molar-refractivity contribution in [3.63, 3.8) is 0 Å². The summed E-state index contributed by atoms with van der Waals surface area (Å²) in [5.74, 6) is 1.74. The number of thioether (sulfide) groups is 1. The number of rotatable bonds is 9. The first-order chi connectivity index (χ1) is 12.6. The minimum absolute atomic E-state index is 0.147. The Morgan fingerprint density at radius 2 is 1.85 bits per heavy atom. The average molecular weight is 375 g/mol. The molecule has 0 aliphatic carbocycles. The lowest BCUT2D eigenvalue weighted by atomic mass is 10.2. The molecule has 1 N–H and O–H groups in total. The van der Waals surface area contributed by atoms with Gasteiger partial charge < -0.3 is 14.8 Å². The number of hydrogen-bond donors (Lipinski definition) is 1. The van der Waals surface area contributed by atoms with E-state index in [2.05, 4.69) is 5.32 Å². The Kier molecular flexibility index (Phi) is 8.02. The van der Waals surface area contributed by atoms with Crippen molar-refractivity contribution >= 4 is 23.7 Å². The molecule has 2 aromatic rings. The maximum Gasteiger partial charge on any atom is 0.243 e. The molecule has 0 spiro atoms. The van der Waals surface area contributed by atoms with E-state index < -0.39 is 0 Å². The van der Waals surface area contributed by atoms with Crippen LogP contribution in [0.5, 0.6) is 11.5 Å². The van der Waals surface area contributed by atoms with Crippen molar-refractivity contribution in [2.24, 2.45) is 0 Å². The van der Waals surface area contributed by atoms with Crippen LogP contribution in [-0.4, -0.2) is 32.4 Å². The van der Waals surface area contributed by atoms with E-state index in [-0.39, 0.29) is 11.7 Å². The lowest BCUT2D eigenvalue weighted by Crippen LogP contribution is -2.22. The zero-order valence-electron chi connectivity index (χ0n) is 14.8. The molecule has 138 valence electrons. The summed E-state index contributed by atoms with van der Waals surface area (Å²) in [6, 6.07) is 11.9. The summed E-state index contributed by atoms with van der Waals surface area (Å²) in [7, 11) is 3.15. The Bertz CT molecular complexity index is 747. The van der Waals surface area contributed by atoms with E-state index in [1.54, 1.807) is 50.3 Å². The molecule has 6 heteroatoms. The lowest BCUT2D eigenvalue weighted by molar-refractivity contribution is -0.116. The van der Waals surface area contributed by atoms with Gasteiger partial charge in [0.15, 0.2) is 11.5 Å². The largest absolute Gasteiger partial charge is 0.493 e. The van der Waals surface area contributed by atoms with Crippen LogP contribution in [0.2, 0.25) is 0 Å². The molecule has 0 bridgehead atoms. The van der Waals surface area contributed by atoms with E-state index in [9.17, 15) is 9.18 Å². The van der Waals surface area contributed by atoms with E-state index in [4.69, 9.17) is 9.47 Å². The van der Waals surface area contributed by atoms with Crippen molar-refractivity contribution in [3.05, 3.63) is 59.9 Å². The molecule has 2 aromatic carbocycles. The number of methoxy groups -OCH3 is 2. The SMILES string of the molecule is COc1ccc(C=CC(=O)NCCCSc2ccc(F)cc2)cc1OC. The summed E-state index contributed by atoms with van der Waals surface area (Å²) in [5, 5.41) is 2.84. The van der Waals surface area contributed by atoms with Gasteiger partial charge in [0.25, 0.3) is 0 Å². The lowest BCUT2D eigenvalue weighted by Gasteiger charge is -2.07. The van der Waals surface area contributed by atoms with Crippen LogP contribution in [0.3, 0.4) is 0 Å². The third kappa shape index (κ3) is 6.44. The molecule has 0 unspecified atom stereocenters. The van der Waals surface area contributed by atoms with E-state index in [1.165, 1.54) is 18.2 Å². The fourth-order valence-electron chi connectivity index (χ4n) is 2.19. The summed E-state index contributed by atoms with van der Waals surface area (Å²) in [4.78, 5) is 12.9. The Balaban J connectivity index is 1.71. The van der Waals surface area contributed by atoms with Gasteiger partial charge in [-0.25, -0.2) is 4.39 Å². The Hall–Kier alpha value is -2.47. The number of nitrogens with one attached hydrogen (secondary N) is 1. The Morgan fingerprint density at radius 3 is 2.54 bits per heavy atom. The molecule has 0 heterocycles. The van der Waals surface area contributed by atoms with Crippen LogP contribution in [0.25, 0.3) is 6.08 Å². The summed E-state index contributed by atoms with van der Waals surface area (Å²) in [5.41, 5.74) is 0.852. The van der Waals surface area contributed by atoms with Gasteiger partial charge in [0.1, 0.15) is 5.82 Å². The van der Waals surface area contributed by atoms with Crippen LogP contribution in [0.15, 0.2) is 53.4 Å². The summed E-state index contributed by atoms with van der Waals surface area (Å²) < 4.78 is 23.2. The van der Waals surface area contributed by atoms with Crippen LogP contribution in [-0.2, 0) is 4.79 Å². The first kappa shape index (κ1) is 19.8. The Morgan fingerprint density at radius 1 is 1.12 bits per heavy atom. The first-order valence-corrected chi connectivity index (χ1v) is 9.17. The predicted octanol–water partition coefficient (Wildman–Crippen LogP) is 4.15. The highest BCUT2D eigenvalue weighted by Gasteiger charge is 2.03. The highest BCUT2D eigenvalue weighted by Crippen LogP contribution is 2.27. The third-order valence-corrected chi connectivity index (χ3v) is 4.64. The van der Waals surface area contributed by atoms with Crippen LogP contribution < -0.4 is 14.8 Å². The molecular formula is C20H22FNO3S. The maximum atomic E-state index is 12.8. The van der Waals surface area contributed by atoms with E-state index >= 15 is 0 Å². The van der Waals surface area contributed by atoms with Gasteiger partial charge in [-0.05, 0) is 60.2 Å². The molecule has 26 heavy (non-hydrogen) atoms. The molecule has 0 aliphatic rings. The van der Waals surface area contributed by atoms with Crippen molar-refractivity contribution < 1.29 is 18.7 Å². The first-order valence-electron chi connectivity index (χ1n) is 8.18. The van der Waals surface area contributed by atoms with E-state index in [0.717, 1.165) is 22.6 Å². The number of carbonyl (C=O) groups is 1. The number of hydrogen-bond acceptors (Lipinski definition) is 4. The fourth-order valence-corrected chi connectivity index (χ4v) is 3.04. The third-order valence-electron chi connectivity index (χ3n) is 3.54. The summed E-state index contributed by atoms with van der Waals surface area (Å²) in [6.07, 6.45) is 4.05. The number of halogens is 1. The second-order valence-corrected chi connectivity index (χ2v) is 6.56. The molecule has 0 aromatic heterocycles. The topological polar surface area (TPSA) is 47.6 Å². The van der Waals surface area contributed by atoms with Crippen LogP contribution in [0.4, 0.5) is 4.39 Å². The normalized spacial score (nSPS) is 10.7. The van der Waals surface area contributed by atoms with Gasteiger partial charge in [0.2, 0.25) is 5.91 Å². The van der Waals surface area contributed by atoms with E-state index in [0.29, 0.717) is 18.0 Å². The van der Waals surface area contributed by atoms with Crippen molar-refractivity contribution in [1.29, 1.82) is 0 Å². The number of ether oxygens (including phenoxy) is 2. The molecule has 0 radical (unpaired) electrons.